The smallest absolute Gasteiger partial charge is 0.330 e. The Balaban J connectivity index is 1.33. The van der Waals surface area contributed by atoms with Gasteiger partial charge in [-0.3, -0.25) is 9.59 Å². The minimum Gasteiger partial charge on any atom is -0.463 e. The molecule has 3 aliphatic heterocycles. The highest BCUT2D eigenvalue weighted by atomic mass is 16.6. The molecule has 10 nitrogen and oxygen atoms in total. The zero-order valence-electron chi connectivity index (χ0n) is 23.6. The number of carbonyl (C=O) groups excluding carboxylic acids is 3. The Hall–Kier alpha value is -4.67. The van der Waals surface area contributed by atoms with E-state index in [4.69, 9.17) is 9.47 Å². The lowest BCUT2D eigenvalue weighted by Gasteiger charge is -2.38. The van der Waals surface area contributed by atoms with Gasteiger partial charge in [-0.1, -0.05) is 43.0 Å². The van der Waals surface area contributed by atoms with Crippen LogP contribution in [-0.4, -0.2) is 50.8 Å². The first-order chi connectivity index (χ1) is 20.8. The molecule has 2 aromatic heterocycles. The van der Waals surface area contributed by atoms with Gasteiger partial charge in [0.25, 0.3) is 11.8 Å². The van der Waals surface area contributed by atoms with Crippen molar-refractivity contribution in [1.29, 1.82) is 0 Å². The van der Waals surface area contributed by atoms with Gasteiger partial charge in [-0.05, 0) is 37.5 Å². The lowest BCUT2D eigenvalue weighted by atomic mass is 9.87. The Morgan fingerprint density at radius 1 is 1.12 bits per heavy atom. The molecule has 1 saturated heterocycles. The minimum absolute atomic E-state index is 0.0107. The van der Waals surface area contributed by atoms with Crippen LogP contribution in [0.1, 0.15) is 48.3 Å². The predicted octanol–water partition coefficient (Wildman–Crippen LogP) is 4.11. The standard InChI is InChI=1S/C33H30N4O6/c1-3-24(38)42-15-9-8-14-34-31(40)33(41)16-23-36-21-12-6-4-10-18(21)26-27-20(17-35-30(27)39)25-19-11-5-7-13-22(19)37(29(25)28(26)36)32(33,2)43-23/h3-7,10-13,23,41H,1,8-9,14-17H2,2H3,(H,34,40)(H,35,39)/t23?,32-,33-/m0/s1. The molecule has 0 aliphatic carbocycles. The van der Waals surface area contributed by atoms with Crippen molar-refractivity contribution in [3.05, 3.63) is 72.3 Å². The molecule has 3 aromatic carbocycles. The van der Waals surface area contributed by atoms with Crippen LogP contribution in [0.3, 0.4) is 0 Å². The number of rotatable bonds is 7. The molecule has 1 unspecified atom stereocenters. The summed E-state index contributed by atoms with van der Waals surface area (Å²) in [7, 11) is 0. The molecule has 0 radical (unpaired) electrons. The van der Waals surface area contributed by atoms with Crippen LogP contribution in [0.5, 0.6) is 0 Å². The highest BCUT2D eigenvalue weighted by Gasteiger charge is 2.64. The van der Waals surface area contributed by atoms with E-state index in [1.165, 1.54) is 0 Å². The van der Waals surface area contributed by atoms with E-state index in [9.17, 15) is 19.5 Å². The average molecular weight is 579 g/mol. The van der Waals surface area contributed by atoms with Gasteiger partial charge in [0.15, 0.2) is 11.3 Å². The van der Waals surface area contributed by atoms with Crippen molar-refractivity contribution in [1.82, 2.24) is 19.8 Å². The molecule has 10 heteroatoms. The first kappa shape index (κ1) is 26.0. The number of nitrogens with zero attached hydrogens (tertiary/aromatic N) is 2. The van der Waals surface area contributed by atoms with Crippen LogP contribution in [0, 0.1) is 0 Å². The van der Waals surface area contributed by atoms with Gasteiger partial charge in [0.1, 0.15) is 6.23 Å². The molecule has 3 aliphatic rings. The van der Waals surface area contributed by atoms with Crippen LogP contribution in [0.15, 0.2) is 61.2 Å². The summed E-state index contributed by atoms with van der Waals surface area (Å²) in [4.78, 5) is 38.6. The minimum atomic E-state index is -1.93. The molecule has 0 saturated carbocycles. The van der Waals surface area contributed by atoms with Crippen molar-refractivity contribution in [3.8, 4) is 0 Å². The molecular formula is C33H30N4O6. The Labute approximate surface area is 245 Å². The fourth-order valence-electron chi connectivity index (χ4n) is 7.56. The lowest BCUT2D eigenvalue weighted by molar-refractivity contribution is -0.187. The number of aliphatic hydroxyl groups is 1. The Kier molecular flexibility index (Phi) is 5.39. The maximum absolute atomic E-state index is 14.0. The third-order valence-corrected chi connectivity index (χ3v) is 9.48. The summed E-state index contributed by atoms with van der Waals surface area (Å²) in [5.41, 5.74) is 1.58. The van der Waals surface area contributed by atoms with E-state index in [0.29, 0.717) is 31.5 Å². The van der Waals surface area contributed by atoms with E-state index >= 15 is 0 Å². The van der Waals surface area contributed by atoms with Crippen LogP contribution < -0.4 is 10.6 Å². The lowest BCUT2D eigenvalue weighted by Crippen LogP contribution is -2.59. The highest BCUT2D eigenvalue weighted by molar-refractivity contribution is 6.31. The van der Waals surface area contributed by atoms with Crippen molar-refractivity contribution in [2.24, 2.45) is 0 Å². The number of fused-ring (bicyclic) bond motifs is 13. The molecular weight excluding hydrogens is 548 g/mol. The van der Waals surface area contributed by atoms with Gasteiger partial charge < -0.3 is 34.3 Å². The summed E-state index contributed by atoms with van der Waals surface area (Å²) in [6.45, 7) is 6.07. The van der Waals surface area contributed by atoms with Crippen LogP contribution in [-0.2, 0) is 31.3 Å². The van der Waals surface area contributed by atoms with Gasteiger partial charge in [0.05, 0.1) is 34.2 Å². The number of hydrogen-bond donors (Lipinski definition) is 3. The number of ether oxygens (including phenoxy) is 2. The van der Waals surface area contributed by atoms with Gasteiger partial charge in [0, 0.05) is 47.1 Å². The Morgan fingerprint density at radius 2 is 1.84 bits per heavy atom. The van der Waals surface area contributed by atoms with Gasteiger partial charge in [0.2, 0.25) is 0 Å². The quantitative estimate of drug-likeness (QED) is 0.152. The molecule has 3 N–H and O–H groups in total. The summed E-state index contributed by atoms with van der Waals surface area (Å²) in [5.74, 6) is -1.12. The SMILES string of the molecule is C=CC(=O)OCCCCNC(=O)[C@@]1(O)CC2O[C@]1(C)n1c3ccccc3c3c4c(c5c6ccccc6n2c5c31)C(=O)NC4. The highest BCUT2D eigenvalue weighted by Crippen LogP contribution is 2.57. The molecule has 5 heterocycles. The van der Waals surface area contributed by atoms with Gasteiger partial charge in [-0.25, -0.2) is 4.79 Å². The van der Waals surface area contributed by atoms with E-state index < -0.39 is 29.4 Å². The summed E-state index contributed by atoms with van der Waals surface area (Å²) in [6.07, 6.45) is 1.56. The maximum atomic E-state index is 14.0. The number of unbranched alkanes of at least 4 members (excludes halogenated alkanes) is 1. The molecule has 0 spiro atoms. The van der Waals surface area contributed by atoms with E-state index in [-0.39, 0.29) is 18.9 Å². The van der Waals surface area contributed by atoms with Crippen LogP contribution in [0.25, 0.3) is 43.6 Å². The van der Waals surface area contributed by atoms with E-state index in [2.05, 4.69) is 21.8 Å². The zero-order valence-corrected chi connectivity index (χ0v) is 23.6. The summed E-state index contributed by atoms with van der Waals surface area (Å²) in [5, 5.41) is 22.1. The maximum Gasteiger partial charge on any atom is 0.330 e. The van der Waals surface area contributed by atoms with Crippen LogP contribution in [0.2, 0.25) is 0 Å². The van der Waals surface area contributed by atoms with Crippen molar-refractivity contribution in [2.75, 3.05) is 13.2 Å². The van der Waals surface area contributed by atoms with E-state index in [1.807, 2.05) is 53.1 Å². The normalized spacial score (nSPS) is 23.7. The monoisotopic (exact) mass is 578 g/mol. The number of aromatic nitrogens is 2. The average Bonchev–Trinajstić information content (AvgIpc) is 3.71. The van der Waals surface area contributed by atoms with Crippen molar-refractivity contribution < 1.29 is 29.0 Å². The number of amides is 2. The summed E-state index contributed by atoms with van der Waals surface area (Å²) < 4.78 is 15.9. The number of carbonyl (C=O) groups is 3. The second-order valence-electron chi connectivity index (χ2n) is 11.7. The first-order valence-corrected chi connectivity index (χ1v) is 14.6. The number of para-hydroxylation sites is 2. The topological polar surface area (TPSA) is 124 Å². The molecule has 1 fully saturated rings. The first-order valence-electron chi connectivity index (χ1n) is 14.6. The Morgan fingerprint density at radius 3 is 2.60 bits per heavy atom. The van der Waals surface area contributed by atoms with Crippen molar-refractivity contribution in [2.45, 2.75) is 50.3 Å². The molecule has 5 aromatic rings. The van der Waals surface area contributed by atoms with Gasteiger partial charge >= 0.3 is 5.97 Å². The molecule has 8 rings (SSSR count). The number of benzene rings is 3. The summed E-state index contributed by atoms with van der Waals surface area (Å²) >= 11 is 0. The van der Waals surface area contributed by atoms with Crippen molar-refractivity contribution in [3.63, 3.8) is 0 Å². The summed E-state index contributed by atoms with van der Waals surface area (Å²) in [6, 6.07) is 15.8. The van der Waals surface area contributed by atoms with Crippen molar-refractivity contribution >= 4 is 61.4 Å². The third-order valence-electron chi connectivity index (χ3n) is 9.48. The number of nitrogens with one attached hydrogen (secondary N) is 2. The Bertz CT molecular complexity index is 2070. The van der Waals surface area contributed by atoms with Crippen LogP contribution >= 0.6 is 0 Å². The molecule has 2 bridgehead atoms. The fourth-order valence-corrected chi connectivity index (χ4v) is 7.56. The number of hydrogen-bond acceptors (Lipinski definition) is 6. The third kappa shape index (κ3) is 3.22. The largest absolute Gasteiger partial charge is 0.463 e. The predicted molar refractivity (Wildman–Crippen MR) is 160 cm³/mol. The zero-order chi connectivity index (χ0) is 29.7. The number of esters is 1. The molecule has 2 amide bonds. The van der Waals surface area contributed by atoms with Crippen LogP contribution in [0.4, 0.5) is 0 Å². The van der Waals surface area contributed by atoms with Gasteiger partial charge in [-0.15, -0.1) is 0 Å². The second kappa shape index (κ2) is 8.92. The van der Waals surface area contributed by atoms with E-state index in [1.54, 1.807) is 6.92 Å². The molecule has 43 heavy (non-hydrogen) atoms. The van der Waals surface area contributed by atoms with Gasteiger partial charge in [-0.2, -0.15) is 0 Å². The molecule has 218 valence electrons. The second-order valence-corrected chi connectivity index (χ2v) is 11.7. The fraction of sp³-hybridized carbons (Fsp3) is 0.303. The van der Waals surface area contributed by atoms with E-state index in [0.717, 1.165) is 55.3 Å². The molecule has 3 atom stereocenters.